The molecule has 1 atom stereocenters. The molecule has 1 amide bonds. The molecule has 2 aromatic carbocycles. The minimum atomic E-state index is -0.00779. The first-order valence-corrected chi connectivity index (χ1v) is 9.61. The van der Waals surface area contributed by atoms with E-state index < -0.39 is 0 Å². The van der Waals surface area contributed by atoms with Crippen molar-refractivity contribution in [2.45, 2.75) is 20.3 Å². The normalized spacial score (nSPS) is 19.2. The van der Waals surface area contributed by atoms with Crippen molar-refractivity contribution < 1.29 is 9.21 Å². The fourth-order valence-electron chi connectivity index (χ4n) is 3.64. The molecular weight excluding hydrogens is 350 g/mol. The molecule has 5 heteroatoms. The molecule has 144 valence electrons. The Kier molecular flexibility index (Phi) is 4.77. The third kappa shape index (κ3) is 3.45. The first kappa shape index (κ1) is 18.4. The van der Waals surface area contributed by atoms with Crippen LogP contribution in [0.4, 0.5) is 0 Å². The zero-order valence-corrected chi connectivity index (χ0v) is 16.3. The summed E-state index contributed by atoms with van der Waals surface area (Å²) in [4.78, 5) is 19.5. The van der Waals surface area contributed by atoms with Crippen LogP contribution in [0.1, 0.15) is 29.3 Å². The van der Waals surface area contributed by atoms with Crippen molar-refractivity contribution >= 4 is 5.91 Å². The van der Waals surface area contributed by atoms with Gasteiger partial charge in [0.25, 0.3) is 5.91 Å². The van der Waals surface area contributed by atoms with E-state index in [0.29, 0.717) is 35.9 Å². The molecule has 0 spiro atoms. The second-order valence-electron chi connectivity index (χ2n) is 7.93. The lowest BCUT2D eigenvalue weighted by Crippen LogP contribution is -2.34. The Labute approximate surface area is 165 Å². The van der Waals surface area contributed by atoms with Crippen molar-refractivity contribution in [1.82, 2.24) is 9.88 Å². The lowest BCUT2D eigenvalue weighted by atomic mass is 9.90. The number of benzene rings is 2. The lowest BCUT2D eigenvalue weighted by molar-refractivity contribution is 0.0777. The van der Waals surface area contributed by atoms with Gasteiger partial charge in [-0.3, -0.25) is 4.79 Å². The van der Waals surface area contributed by atoms with E-state index in [9.17, 15) is 4.79 Å². The summed E-state index contributed by atoms with van der Waals surface area (Å²) in [5.41, 5.74) is 9.37. The molecule has 2 heterocycles. The molecule has 5 nitrogen and oxygen atoms in total. The number of hydrogen-bond donors (Lipinski definition) is 1. The van der Waals surface area contributed by atoms with E-state index in [1.54, 1.807) is 6.20 Å². The number of nitrogens with zero attached hydrogens (tertiary/aromatic N) is 2. The van der Waals surface area contributed by atoms with Gasteiger partial charge >= 0.3 is 0 Å². The second kappa shape index (κ2) is 7.24. The van der Waals surface area contributed by atoms with Gasteiger partial charge in [-0.15, -0.1) is 0 Å². The summed E-state index contributed by atoms with van der Waals surface area (Å²) in [6.07, 6.45) is 2.64. The van der Waals surface area contributed by atoms with E-state index in [4.69, 9.17) is 10.2 Å². The molecule has 0 radical (unpaired) electrons. The Morgan fingerprint density at radius 1 is 1.21 bits per heavy atom. The molecule has 0 aliphatic carbocycles. The van der Waals surface area contributed by atoms with Crippen LogP contribution < -0.4 is 5.73 Å². The molecule has 1 aromatic heterocycles. The molecule has 1 unspecified atom stereocenters. The van der Waals surface area contributed by atoms with E-state index in [-0.39, 0.29) is 11.3 Å². The fraction of sp³-hybridized carbons (Fsp3) is 0.304. The van der Waals surface area contributed by atoms with Gasteiger partial charge in [-0.1, -0.05) is 48.9 Å². The van der Waals surface area contributed by atoms with Crippen LogP contribution in [-0.4, -0.2) is 35.4 Å². The smallest absolute Gasteiger partial charge is 0.254 e. The SMILES string of the molecule is Cc1ccc(-c2cnc(-c3ccccc3C(=O)N3CCC(C)(CN)C3)o2)cc1. The monoisotopic (exact) mass is 375 g/mol. The summed E-state index contributed by atoms with van der Waals surface area (Å²) < 4.78 is 6.01. The lowest BCUT2D eigenvalue weighted by Gasteiger charge is -2.23. The minimum Gasteiger partial charge on any atom is -0.436 e. The minimum absolute atomic E-state index is 0.00265. The van der Waals surface area contributed by atoms with E-state index in [2.05, 4.69) is 11.9 Å². The van der Waals surface area contributed by atoms with Gasteiger partial charge in [0.15, 0.2) is 5.76 Å². The maximum atomic E-state index is 13.2. The Balaban J connectivity index is 1.64. The zero-order valence-electron chi connectivity index (χ0n) is 16.3. The van der Waals surface area contributed by atoms with Gasteiger partial charge in [0.05, 0.1) is 11.8 Å². The standard InChI is InChI=1S/C23H25N3O2/c1-16-7-9-17(10-8-16)20-13-25-21(28-20)18-5-3-4-6-19(18)22(27)26-12-11-23(2,14-24)15-26/h3-10,13H,11-12,14-15,24H2,1-2H3. The Morgan fingerprint density at radius 2 is 1.96 bits per heavy atom. The second-order valence-corrected chi connectivity index (χ2v) is 7.93. The third-order valence-corrected chi connectivity index (χ3v) is 5.57. The van der Waals surface area contributed by atoms with Crippen molar-refractivity contribution in [1.29, 1.82) is 0 Å². The molecule has 1 saturated heterocycles. The fourth-order valence-corrected chi connectivity index (χ4v) is 3.64. The predicted octanol–water partition coefficient (Wildman–Crippen LogP) is 4.13. The number of hydrogen-bond acceptors (Lipinski definition) is 4. The van der Waals surface area contributed by atoms with Crippen LogP contribution in [0.2, 0.25) is 0 Å². The van der Waals surface area contributed by atoms with Crippen LogP contribution in [0.15, 0.2) is 59.1 Å². The molecule has 1 fully saturated rings. The van der Waals surface area contributed by atoms with Gasteiger partial charge in [-0.2, -0.15) is 0 Å². The van der Waals surface area contributed by atoms with Crippen molar-refractivity contribution in [3.05, 3.63) is 65.9 Å². The summed E-state index contributed by atoms with van der Waals surface area (Å²) in [5.74, 6) is 1.15. The summed E-state index contributed by atoms with van der Waals surface area (Å²) in [6, 6.07) is 15.6. The van der Waals surface area contributed by atoms with E-state index >= 15 is 0 Å². The predicted molar refractivity (Wildman–Crippen MR) is 110 cm³/mol. The molecule has 1 aliphatic heterocycles. The number of aromatic nitrogens is 1. The summed E-state index contributed by atoms with van der Waals surface area (Å²) >= 11 is 0. The van der Waals surface area contributed by atoms with E-state index in [1.165, 1.54) is 5.56 Å². The van der Waals surface area contributed by atoms with Crippen molar-refractivity contribution in [2.75, 3.05) is 19.6 Å². The largest absolute Gasteiger partial charge is 0.436 e. The van der Waals surface area contributed by atoms with Gasteiger partial charge < -0.3 is 15.1 Å². The van der Waals surface area contributed by atoms with Gasteiger partial charge in [0.2, 0.25) is 5.89 Å². The highest BCUT2D eigenvalue weighted by Gasteiger charge is 2.36. The van der Waals surface area contributed by atoms with Crippen LogP contribution in [0.25, 0.3) is 22.8 Å². The highest BCUT2D eigenvalue weighted by molar-refractivity contribution is 6.00. The third-order valence-electron chi connectivity index (χ3n) is 5.57. The number of oxazole rings is 1. The first-order valence-electron chi connectivity index (χ1n) is 9.61. The van der Waals surface area contributed by atoms with E-state index in [0.717, 1.165) is 18.5 Å². The Hall–Kier alpha value is -2.92. The average molecular weight is 375 g/mol. The zero-order chi connectivity index (χ0) is 19.7. The Morgan fingerprint density at radius 3 is 2.68 bits per heavy atom. The molecule has 28 heavy (non-hydrogen) atoms. The van der Waals surface area contributed by atoms with Gasteiger partial charge in [0.1, 0.15) is 0 Å². The van der Waals surface area contributed by atoms with E-state index in [1.807, 2.05) is 60.4 Å². The van der Waals surface area contributed by atoms with Crippen LogP contribution in [0.5, 0.6) is 0 Å². The van der Waals surface area contributed by atoms with Crippen molar-refractivity contribution in [3.8, 4) is 22.8 Å². The number of rotatable bonds is 4. The quantitative estimate of drug-likeness (QED) is 0.744. The number of likely N-dealkylation sites (tertiary alicyclic amines) is 1. The van der Waals surface area contributed by atoms with Crippen LogP contribution in [0, 0.1) is 12.3 Å². The number of nitrogens with two attached hydrogens (primary N) is 1. The number of aryl methyl sites for hydroxylation is 1. The van der Waals surface area contributed by atoms with Crippen LogP contribution in [-0.2, 0) is 0 Å². The molecule has 1 aliphatic rings. The molecule has 0 bridgehead atoms. The molecule has 0 saturated carbocycles. The van der Waals surface area contributed by atoms with Crippen LogP contribution in [0.3, 0.4) is 0 Å². The summed E-state index contributed by atoms with van der Waals surface area (Å²) in [6.45, 7) is 6.16. The number of amides is 1. The van der Waals surface area contributed by atoms with Crippen LogP contribution >= 0.6 is 0 Å². The summed E-state index contributed by atoms with van der Waals surface area (Å²) in [7, 11) is 0. The topological polar surface area (TPSA) is 72.4 Å². The van der Waals surface area contributed by atoms with Crippen molar-refractivity contribution in [2.24, 2.45) is 11.1 Å². The highest BCUT2D eigenvalue weighted by Crippen LogP contribution is 2.32. The van der Waals surface area contributed by atoms with Crippen molar-refractivity contribution in [3.63, 3.8) is 0 Å². The van der Waals surface area contributed by atoms with Gasteiger partial charge in [-0.05, 0) is 37.4 Å². The highest BCUT2D eigenvalue weighted by atomic mass is 16.4. The molecule has 2 N–H and O–H groups in total. The molecule has 4 rings (SSSR count). The maximum absolute atomic E-state index is 13.2. The van der Waals surface area contributed by atoms with Gasteiger partial charge in [-0.25, -0.2) is 4.98 Å². The average Bonchev–Trinajstić information content (AvgIpc) is 3.36. The maximum Gasteiger partial charge on any atom is 0.254 e. The Bertz CT molecular complexity index is 993. The summed E-state index contributed by atoms with van der Waals surface area (Å²) in [5, 5.41) is 0. The first-order chi connectivity index (χ1) is 13.5. The van der Waals surface area contributed by atoms with Gasteiger partial charge in [0, 0.05) is 24.2 Å². The number of carbonyl (C=O) groups is 1. The molecule has 3 aromatic rings. The molecular formula is C23H25N3O2. The number of carbonyl (C=O) groups excluding carboxylic acids is 1.